The molecule has 0 unspecified atom stereocenters. The van der Waals surface area contributed by atoms with Gasteiger partial charge in [-0.1, -0.05) is 13.8 Å². The molecule has 1 amide bonds. The number of halogens is 3. The Hall–Kier alpha value is -2.49. The summed E-state index contributed by atoms with van der Waals surface area (Å²) in [6.07, 6.45) is -1.95. The molecule has 0 aliphatic heterocycles. The predicted octanol–water partition coefficient (Wildman–Crippen LogP) is 4.80. The van der Waals surface area contributed by atoms with Gasteiger partial charge in [0.15, 0.2) is 5.13 Å². The SMILES string of the molecule is CC(C)CC(=O)N(CCCC(F)(F)F)c1nc(-c2ncnc3[nH]ccc23)cs1. The Balaban J connectivity index is 1.86. The van der Waals surface area contributed by atoms with E-state index in [0.717, 1.165) is 5.39 Å². The van der Waals surface area contributed by atoms with Crippen molar-refractivity contribution in [3.8, 4) is 11.4 Å². The fourth-order valence-electron chi connectivity index (χ4n) is 2.80. The molecule has 28 heavy (non-hydrogen) atoms. The lowest BCUT2D eigenvalue weighted by atomic mass is 10.1. The van der Waals surface area contributed by atoms with E-state index in [9.17, 15) is 18.0 Å². The van der Waals surface area contributed by atoms with Gasteiger partial charge >= 0.3 is 6.18 Å². The molecule has 0 spiro atoms. The van der Waals surface area contributed by atoms with Crippen LogP contribution in [0.15, 0.2) is 24.0 Å². The molecule has 0 radical (unpaired) electrons. The lowest BCUT2D eigenvalue weighted by molar-refractivity contribution is -0.135. The normalized spacial score (nSPS) is 12.1. The monoisotopic (exact) mass is 411 g/mol. The van der Waals surface area contributed by atoms with Crippen LogP contribution in [0.1, 0.15) is 33.1 Å². The highest BCUT2D eigenvalue weighted by Gasteiger charge is 2.28. The number of carbonyl (C=O) groups excluding carboxylic acids is 1. The fraction of sp³-hybridized carbons (Fsp3) is 0.444. The number of alkyl halides is 3. The molecule has 150 valence electrons. The molecule has 0 saturated carbocycles. The number of fused-ring (bicyclic) bond motifs is 1. The van der Waals surface area contributed by atoms with Crippen LogP contribution < -0.4 is 4.90 Å². The van der Waals surface area contributed by atoms with Crippen molar-refractivity contribution in [1.29, 1.82) is 0 Å². The third-order valence-electron chi connectivity index (χ3n) is 4.05. The van der Waals surface area contributed by atoms with E-state index in [1.165, 1.54) is 22.6 Å². The van der Waals surface area contributed by atoms with Crippen molar-refractivity contribution in [2.75, 3.05) is 11.4 Å². The standard InChI is InChI=1S/C18H20F3N5OS/c1-11(2)8-14(27)26(7-3-5-18(19,20)21)17-25-13(9-28-17)15-12-4-6-22-16(12)24-10-23-15/h4,6,9-11H,3,5,7-8H2,1-2H3,(H,22,23,24). The summed E-state index contributed by atoms with van der Waals surface area (Å²) in [7, 11) is 0. The van der Waals surface area contributed by atoms with Crippen LogP contribution in [0.4, 0.5) is 18.3 Å². The first-order valence-corrected chi connectivity index (χ1v) is 9.73. The van der Waals surface area contributed by atoms with Gasteiger partial charge in [-0.15, -0.1) is 11.3 Å². The van der Waals surface area contributed by atoms with Gasteiger partial charge in [0.25, 0.3) is 0 Å². The van der Waals surface area contributed by atoms with E-state index in [1.807, 2.05) is 19.9 Å². The van der Waals surface area contributed by atoms with Gasteiger partial charge < -0.3 is 4.98 Å². The highest BCUT2D eigenvalue weighted by molar-refractivity contribution is 7.14. The second-order valence-corrected chi connectivity index (χ2v) is 7.68. The summed E-state index contributed by atoms with van der Waals surface area (Å²) < 4.78 is 37.6. The number of nitrogens with one attached hydrogen (secondary N) is 1. The average molecular weight is 411 g/mol. The predicted molar refractivity (Wildman–Crippen MR) is 102 cm³/mol. The van der Waals surface area contributed by atoms with Crippen LogP contribution in [0.3, 0.4) is 0 Å². The van der Waals surface area contributed by atoms with Gasteiger partial charge in [0.05, 0.1) is 0 Å². The van der Waals surface area contributed by atoms with Crippen molar-refractivity contribution in [2.45, 2.75) is 39.3 Å². The van der Waals surface area contributed by atoms with Crippen molar-refractivity contribution in [1.82, 2.24) is 19.9 Å². The minimum Gasteiger partial charge on any atom is -0.346 e. The molecular formula is C18H20F3N5OS. The third-order valence-corrected chi connectivity index (χ3v) is 4.91. The quantitative estimate of drug-likeness (QED) is 0.606. The smallest absolute Gasteiger partial charge is 0.346 e. The molecule has 3 aromatic heterocycles. The maximum atomic E-state index is 12.6. The third kappa shape index (κ3) is 4.86. The molecule has 0 bridgehead atoms. The molecule has 0 aliphatic carbocycles. The summed E-state index contributed by atoms with van der Waals surface area (Å²) in [6, 6.07) is 1.83. The van der Waals surface area contributed by atoms with Gasteiger partial charge in [-0.3, -0.25) is 9.69 Å². The molecule has 0 atom stereocenters. The number of hydrogen-bond donors (Lipinski definition) is 1. The van der Waals surface area contributed by atoms with E-state index in [1.54, 1.807) is 11.6 Å². The summed E-state index contributed by atoms with van der Waals surface area (Å²) >= 11 is 1.22. The molecule has 1 N–H and O–H groups in total. The first kappa shape index (κ1) is 20.2. The van der Waals surface area contributed by atoms with E-state index >= 15 is 0 Å². The Bertz CT molecular complexity index is 950. The number of H-pyrrole nitrogens is 1. The van der Waals surface area contributed by atoms with Crippen molar-refractivity contribution < 1.29 is 18.0 Å². The minimum atomic E-state index is -4.25. The largest absolute Gasteiger partial charge is 0.389 e. The van der Waals surface area contributed by atoms with Crippen molar-refractivity contribution in [3.63, 3.8) is 0 Å². The van der Waals surface area contributed by atoms with Gasteiger partial charge in [-0.2, -0.15) is 13.2 Å². The summed E-state index contributed by atoms with van der Waals surface area (Å²) in [5.41, 5.74) is 1.84. The topological polar surface area (TPSA) is 74.8 Å². The number of hydrogen-bond acceptors (Lipinski definition) is 5. The lowest BCUT2D eigenvalue weighted by Gasteiger charge is -2.21. The Kier molecular flexibility index (Phi) is 5.97. The zero-order valence-corrected chi connectivity index (χ0v) is 16.3. The maximum Gasteiger partial charge on any atom is 0.389 e. The molecule has 0 saturated heterocycles. The second kappa shape index (κ2) is 8.26. The molecule has 3 rings (SSSR count). The average Bonchev–Trinajstić information content (AvgIpc) is 3.26. The molecule has 3 aromatic rings. The Morgan fingerprint density at radius 2 is 2.11 bits per heavy atom. The molecule has 0 aliphatic rings. The van der Waals surface area contributed by atoms with Crippen LogP contribution >= 0.6 is 11.3 Å². The minimum absolute atomic E-state index is 0.0264. The van der Waals surface area contributed by atoms with Gasteiger partial charge in [-0.05, 0) is 18.4 Å². The number of nitrogens with zero attached hydrogens (tertiary/aromatic N) is 4. The number of aromatic nitrogens is 4. The number of thiazole rings is 1. The first-order valence-electron chi connectivity index (χ1n) is 8.85. The molecule has 0 aromatic carbocycles. The van der Waals surface area contributed by atoms with Crippen molar-refractivity contribution in [2.24, 2.45) is 5.92 Å². The zero-order chi connectivity index (χ0) is 20.3. The van der Waals surface area contributed by atoms with Gasteiger partial charge in [0.2, 0.25) is 5.91 Å². The van der Waals surface area contributed by atoms with Crippen LogP contribution in [0, 0.1) is 5.92 Å². The van der Waals surface area contributed by atoms with Crippen LogP contribution in [0.2, 0.25) is 0 Å². The van der Waals surface area contributed by atoms with Crippen molar-refractivity contribution in [3.05, 3.63) is 24.0 Å². The van der Waals surface area contributed by atoms with Gasteiger partial charge in [0, 0.05) is 36.3 Å². The summed E-state index contributed by atoms with van der Waals surface area (Å²) in [4.78, 5) is 29.9. The number of aromatic amines is 1. The molecular weight excluding hydrogens is 391 g/mol. The van der Waals surface area contributed by atoms with E-state index in [4.69, 9.17) is 0 Å². The summed E-state index contributed by atoms with van der Waals surface area (Å²) in [5.74, 6) is -0.133. The van der Waals surface area contributed by atoms with E-state index in [0.29, 0.717) is 22.2 Å². The number of carbonyl (C=O) groups is 1. The highest BCUT2D eigenvalue weighted by atomic mass is 32.1. The Morgan fingerprint density at radius 3 is 2.82 bits per heavy atom. The molecule has 6 nitrogen and oxygen atoms in total. The van der Waals surface area contributed by atoms with E-state index in [2.05, 4.69) is 19.9 Å². The Morgan fingerprint density at radius 1 is 1.32 bits per heavy atom. The fourth-order valence-corrected chi connectivity index (χ4v) is 3.65. The van der Waals surface area contributed by atoms with Crippen LogP contribution in [0.5, 0.6) is 0 Å². The Labute approximate surface area is 163 Å². The maximum absolute atomic E-state index is 12.6. The second-order valence-electron chi connectivity index (χ2n) is 6.84. The highest BCUT2D eigenvalue weighted by Crippen LogP contribution is 2.31. The van der Waals surface area contributed by atoms with E-state index in [-0.39, 0.29) is 31.2 Å². The van der Waals surface area contributed by atoms with Crippen LogP contribution in [-0.2, 0) is 4.79 Å². The first-order chi connectivity index (χ1) is 13.2. The number of rotatable bonds is 7. The molecule has 0 fully saturated rings. The van der Waals surface area contributed by atoms with E-state index < -0.39 is 12.6 Å². The number of anilines is 1. The van der Waals surface area contributed by atoms with Crippen LogP contribution in [0.25, 0.3) is 22.4 Å². The zero-order valence-electron chi connectivity index (χ0n) is 15.5. The molecule has 3 heterocycles. The van der Waals surface area contributed by atoms with Crippen LogP contribution in [-0.4, -0.2) is 38.6 Å². The molecule has 10 heteroatoms. The lowest BCUT2D eigenvalue weighted by Crippen LogP contribution is -2.33. The summed E-state index contributed by atoms with van der Waals surface area (Å²) in [5, 5.41) is 2.92. The van der Waals surface area contributed by atoms with Crippen molar-refractivity contribution >= 4 is 33.4 Å². The summed E-state index contributed by atoms with van der Waals surface area (Å²) in [6.45, 7) is 3.76. The van der Waals surface area contributed by atoms with Gasteiger partial charge in [-0.25, -0.2) is 15.0 Å². The number of amides is 1. The van der Waals surface area contributed by atoms with Gasteiger partial charge in [0.1, 0.15) is 23.4 Å².